The largest absolute Gasteiger partial charge is 0.295 e. The summed E-state index contributed by atoms with van der Waals surface area (Å²) in [7, 11) is 0. The molecule has 0 heterocycles. The van der Waals surface area contributed by atoms with Crippen molar-refractivity contribution in [3.63, 3.8) is 0 Å². The maximum atomic E-state index is 12.3. The minimum atomic E-state index is 0.317. The van der Waals surface area contributed by atoms with E-state index >= 15 is 0 Å². The summed E-state index contributed by atoms with van der Waals surface area (Å²) in [4.78, 5) is 12.3. The van der Waals surface area contributed by atoms with Crippen LogP contribution in [0, 0.1) is 0 Å². The lowest BCUT2D eigenvalue weighted by molar-refractivity contribution is -0.115. The number of carbonyl (C=O) groups is 1. The molecule has 21 heavy (non-hydrogen) atoms. The van der Waals surface area contributed by atoms with Gasteiger partial charge in [-0.2, -0.15) is 0 Å². The molecule has 0 bridgehead atoms. The highest BCUT2D eigenvalue weighted by Crippen LogP contribution is 2.32. The predicted octanol–water partition coefficient (Wildman–Crippen LogP) is 5.00. The van der Waals surface area contributed by atoms with Gasteiger partial charge < -0.3 is 0 Å². The van der Waals surface area contributed by atoms with E-state index in [1.807, 2.05) is 24.3 Å². The second kappa shape index (κ2) is 6.53. The Hall–Kier alpha value is -2.15. The van der Waals surface area contributed by atoms with Crippen molar-refractivity contribution in [1.29, 1.82) is 0 Å². The average molecular weight is 276 g/mol. The first kappa shape index (κ1) is 13.8. The summed E-state index contributed by atoms with van der Waals surface area (Å²) >= 11 is 0. The number of hydrogen-bond acceptors (Lipinski definition) is 1. The van der Waals surface area contributed by atoms with E-state index < -0.39 is 0 Å². The van der Waals surface area contributed by atoms with E-state index in [1.165, 1.54) is 5.56 Å². The van der Waals surface area contributed by atoms with Crippen LogP contribution in [0.3, 0.4) is 0 Å². The fraction of sp³-hybridized carbons (Fsp3) is 0.250. The molecule has 1 heteroatoms. The van der Waals surface area contributed by atoms with E-state index in [4.69, 9.17) is 0 Å². The van der Waals surface area contributed by atoms with Crippen molar-refractivity contribution in [3.05, 3.63) is 77.4 Å². The van der Waals surface area contributed by atoms with E-state index in [0.717, 1.165) is 30.4 Å². The summed E-state index contributed by atoms with van der Waals surface area (Å²) in [5, 5.41) is 0. The van der Waals surface area contributed by atoms with Gasteiger partial charge >= 0.3 is 0 Å². The first-order valence-electron chi connectivity index (χ1n) is 7.67. The predicted molar refractivity (Wildman–Crippen MR) is 87.1 cm³/mol. The second-order valence-electron chi connectivity index (χ2n) is 5.69. The van der Waals surface area contributed by atoms with Gasteiger partial charge in [0.1, 0.15) is 0 Å². The van der Waals surface area contributed by atoms with Crippen LogP contribution in [0.5, 0.6) is 0 Å². The molecule has 0 saturated heterocycles. The maximum absolute atomic E-state index is 12.3. The Kier molecular flexibility index (Phi) is 4.30. The van der Waals surface area contributed by atoms with Gasteiger partial charge in [0.15, 0.2) is 5.78 Å². The molecule has 2 aromatic carbocycles. The van der Waals surface area contributed by atoms with Crippen molar-refractivity contribution < 1.29 is 4.79 Å². The Balaban J connectivity index is 1.78. The van der Waals surface area contributed by atoms with Crippen molar-refractivity contribution in [3.8, 4) is 0 Å². The van der Waals surface area contributed by atoms with Crippen LogP contribution in [0.15, 0.2) is 66.2 Å². The standard InChI is InChI=1S/C20H20O/c21-20-14-13-18(17-9-5-2-6-10-17)11-12-19(20)15-16-7-3-1-4-8-16/h1-10,15,18H,11-14H2/b19-15-. The number of allylic oxidation sites excluding steroid dienone is 1. The lowest BCUT2D eigenvalue weighted by atomic mass is 9.92. The van der Waals surface area contributed by atoms with Crippen LogP contribution < -0.4 is 0 Å². The van der Waals surface area contributed by atoms with Gasteiger partial charge in [0.2, 0.25) is 0 Å². The first-order chi connectivity index (χ1) is 10.3. The van der Waals surface area contributed by atoms with Crippen molar-refractivity contribution >= 4 is 11.9 Å². The zero-order valence-electron chi connectivity index (χ0n) is 12.2. The molecule has 0 radical (unpaired) electrons. The fourth-order valence-corrected chi connectivity index (χ4v) is 3.04. The minimum absolute atomic E-state index is 0.317. The van der Waals surface area contributed by atoms with Crippen LogP contribution in [0.4, 0.5) is 0 Å². The van der Waals surface area contributed by atoms with E-state index in [2.05, 4.69) is 42.5 Å². The Morgan fingerprint density at radius 1 is 0.810 bits per heavy atom. The number of carbonyl (C=O) groups excluding carboxylic acids is 1. The van der Waals surface area contributed by atoms with Crippen LogP contribution in [0.1, 0.15) is 42.7 Å². The number of ketones is 1. The van der Waals surface area contributed by atoms with Crippen LogP contribution in [0.25, 0.3) is 6.08 Å². The maximum Gasteiger partial charge on any atom is 0.158 e. The molecule has 0 spiro atoms. The highest BCUT2D eigenvalue weighted by molar-refractivity contribution is 5.99. The van der Waals surface area contributed by atoms with Crippen molar-refractivity contribution in [2.24, 2.45) is 0 Å². The molecule has 1 aliphatic rings. The Bertz CT molecular complexity index is 625. The second-order valence-corrected chi connectivity index (χ2v) is 5.69. The molecular weight excluding hydrogens is 256 g/mol. The highest BCUT2D eigenvalue weighted by atomic mass is 16.1. The van der Waals surface area contributed by atoms with Gasteiger partial charge in [-0.05, 0) is 48.0 Å². The summed E-state index contributed by atoms with van der Waals surface area (Å²) in [5.41, 5.74) is 3.48. The Morgan fingerprint density at radius 3 is 2.14 bits per heavy atom. The molecule has 0 aliphatic heterocycles. The third-order valence-corrected chi connectivity index (χ3v) is 4.25. The first-order valence-corrected chi connectivity index (χ1v) is 7.67. The molecule has 1 saturated carbocycles. The molecule has 1 aliphatic carbocycles. The summed E-state index contributed by atoms with van der Waals surface area (Å²) in [6.07, 6.45) is 5.64. The number of hydrogen-bond donors (Lipinski definition) is 0. The minimum Gasteiger partial charge on any atom is -0.295 e. The molecule has 0 amide bonds. The van der Waals surface area contributed by atoms with Crippen molar-refractivity contribution in [2.75, 3.05) is 0 Å². The number of rotatable bonds is 2. The fourth-order valence-electron chi connectivity index (χ4n) is 3.04. The van der Waals surface area contributed by atoms with E-state index in [0.29, 0.717) is 18.1 Å². The molecule has 1 unspecified atom stereocenters. The molecule has 1 nitrogen and oxygen atoms in total. The van der Waals surface area contributed by atoms with Crippen LogP contribution in [-0.2, 0) is 4.79 Å². The van der Waals surface area contributed by atoms with E-state index in [9.17, 15) is 4.79 Å². The quantitative estimate of drug-likeness (QED) is 0.557. The smallest absolute Gasteiger partial charge is 0.158 e. The molecular formula is C20H20O. The van der Waals surface area contributed by atoms with Gasteiger partial charge in [-0.25, -0.2) is 0 Å². The van der Waals surface area contributed by atoms with Crippen molar-refractivity contribution in [1.82, 2.24) is 0 Å². The zero-order valence-corrected chi connectivity index (χ0v) is 12.2. The number of Topliss-reactive ketones (excluding diaryl/α,β-unsaturated/α-hetero) is 1. The van der Waals surface area contributed by atoms with Crippen LogP contribution in [-0.4, -0.2) is 5.78 Å². The summed E-state index contributed by atoms with van der Waals surface area (Å²) in [6.45, 7) is 0. The Morgan fingerprint density at radius 2 is 1.43 bits per heavy atom. The molecule has 0 N–H and O–H groups in total. The highest BCUT2D eigenvalue weighted by Gasteiger charge is 2.21. The van der Waals surface area contributed by atoms with Gasteiger partial charge in [0.25, 0.3) is 0 Å². The van der Waals surface area contributed by atoms with Gasteiger partial charge in [-0.3, -0.25) is 4.79 Å². The normalized spacial score (nSPS) is 21.2. The molecule has 106 valence electrons. The third kappa shape index (κ3) is 3.49. The zero-order chi connectivity index (χ0) is 14.5. The molecule has 0 aromatic heterocycles. The molecule has 2 aromatic rings. The molecule has 1 fully saturated rings. The van der Waals surface area contributed by atoms with Crippen molar-refractivity contribution in [2.45, 2.75) is 31.6 Å². The summed E-state index contributed by atoms with van der Waals surface area (Å²) in [6, 6.07) is 20.7. The van der Waals surface area contributed by atoms with Gasteiger partial charge in [-0.15, -0.1) is 0 Å². The summed E-state index contributed by atoms with van der Waals surface area (Å²) in [5.74, 6) is 0.828. The van der Waals surface area contributed by atoms with E-state index in [1.54, 1.807) is 0 Å². The van der Waals surface area contributed by atoms with Gasteiger partial charge in [0.05, 0.1) is 0 Å². The lowest BCUT2D eigenvalue weighted by Gasteiger charge is -2.13. The van der Waals surface area contributed by atoms with E-state index in [-0.39, 0.29) is 0 Å². The Labute approximate surface area is 126 Å². The van der Waals surface area contributed by atoms with Gasteiger partial charge in [0, 0.05) is 6.42 Å². The molecule has 1 atom stereocenters. The monoisotopic (exact) mass is 276 g/mol. The number of benzene rings is 2. The van der Waals surface area contributed by atoms with Gasteiger partial charge in [-0.1, -0.05) is 60.7 Å². The molecule has 3 rings (SSSR count). The lowest BCUT2D eigenvalue weighted by Crippen LogP contribution is -1.99. The topological polar surface area (TPSA) is 17.1 Å². The van der Waals surface area contributed by atoms with Crippen LogP contribution >= 0.6 is 0 Å². The summed E-state index contributed by atoms with van der Waals surface area (Å²) < 4.78 is 0. The third-order valence-electron chi connectivity index (χ3n) is 4.25. The average Bonchev–Trinajstić information content (AvgIpc) is 2.72. The van der Waals surface area contributed by atoms with Crippen LogP contribution in [0.2, 0.25) is 0 Å². The SMILES string of the molecule is O=C1CCC(c2ccccc2)CC/C1=C/c1ccccc1.